The molecule has 0 aliphatic heterocycles. The van der Waals surface area contributed by atoms with Crippen LogP contribution in [-0.4, -0.2) is 18.6 Å². The molecule has 0 saturated heterocycles. The zero-order valence-electron chi connectivity index (χ0n) is 12.2. The number of rotatable bonds is 5. The van der Waals surface area contributed by atoms with Crippen molar-refractivity contribution in [3.63, 3.8) is 0 Å². The van der Waals surface area contributed by atoms with Crippen molar-refractivity contribution in [2.45, 2.75) is 33.7 Å². The second-order valence-electron chi connectivity index (χ2n) is 4.90. The Balaban J connectivity index is 3.29. The first-order chi connectivity index (χ1) is 9.72. The van der Waals surface area contributed by atoms with Gasteiger partial charge in [-0.1, -0.05) is 13.8 Å². The Labute approximate surface area is 120 Å². The highest BCUT2D eigenvalue weighted by atomic mass is 19.2. The second kappa shape index (κ2) is 6.78. The molecule has 21 heavy (non-hydrogen) atoms. The molecule has 1 rings (SSSR count). The van der Waals surface area contributed by atoms with Gasteiger partial charge < -0.3 is 10.1 Å². The number of ether oxygens (including phenoxy) is 1. The van der Waals surface area contributed by atoms with Crippen molar-refractivity contribution in [2.24, 2.45) is 5.92 Å². The number of hydrogen-bond acceptors (Lipinski definition) is 2. The van der Waals surface area contributed by atoms with Crippen molar-refractivity contribution >= 4 is 5.91 Å². The molecule has 0 aliphatic rings. The number of hydrogen-bond donors (Lipinski definition) is 1. The number of nitrogens with one attached hydrogen (secondary N) is 1. The third-order valence-corrected chi connectivity index (χ3v) is 3.10. The third kappa shape index (κ3) is 3.46. The lowest BCUT2D eigenvalue weighted by molar-refractivity contribution is 0.0918. The molecule has 0 bridgehead atoms. The SMILES string of the molecule is CCOc1c(F)c(F)c(C(=O)N[C@@H](C)C(C)C)c(F)c1F. The van der Waals surface area contributed by atoms with Gasteiger partial charge in [0.1, 0.15) is 5.56 Å². The lowest BCUT2D eigenvalue weighted by Crippen LogP contribution is -2.37. The van der Waals surface area contributed by atoms with Crippen LogP contribution in [0.15, 0.2) is 0 Å². The lowest BCUT2D eigenvalue weighted by atomic mass is 10.1. The Morgan fingerprint density at radius 2 is 1.52 bits per heavy atom. The van der Waals surface area contributed by atoms with E-state index in [9.17, 15) is 22.4 Å². The molecule has 0 unspecified atom stereocenters. The van der Waals surface area contributed by atoms with Crippen LogP contribution in [0.2, 0.25) is 0 Å². The summed E-state index contributed by atoms with van der Waals surface area (Å²) in [7, 11) is 0. The van der Waals surface area contributed by atoms with Gasteiger partial charge in [0.25, 0.3) is 5.91 Å². The van der Waals surface area contributed by atoms with E-state index in [1.54, 1.807) is 20.8 Å². The highest BCUT2D eigenvalue weighted by Crippen LogP contribution is 2.30. The Hall–Kier alpha value is -1.79. The number of carbonyl (C=O) groups is 1. The molecule has 0 saturated carbocycles. The van der Waals surface area contributed by atoms with Crippen molar-refractivity contribution in [1.29, 1.82) is 0 Å². The standard InChI is InChI=1S/C14H17F4NO2/c1-5-21-13-11(17)9(15)8(10(16)12(13)18)14(20)19-7(4)6(2)3/h6-7H,5H2,1-4H3,(H,19,20)/t7-/m0/s1. The summed E-state index contributed by atoms with van der Waals surface area (Å²) in [5.41, 5.74) is -1.29. The molecule has 0 aliphatic carbocycles. The zero-order chi connectivity index (χ0) is 16.3. The molecule has 0 fully saturated rings. The van der Waals surface area contributed by atoms with Gasteiger partial charge in [-0.25, -0.2) is 8.78 Å². The van der Waals surface area contributed by atoms with Crippen molar-refractivity contribution in [2.75, 3.05) is 6.61 Å². The molecular formula is C14H17F4NO2. The van der Waals surface area contributed by atoms with E-state index in [4.69, 9.17) is 0 Å². The topological polar surface area (TPSA) is 38.3 Å². The molecule has 1 aromatic carbocycles. The maximum atomic E-state index is 13.8. The quantitative estimate of drug-likeness (QED) is 0.668. The monoisotopic (exact) mass is 307 g/mol. The van der Waals surface area contributed by atoms with Gasteiger partial charge in [-0.2, -0.15) is 8.78 Å². The molecule has 1 aromatic rings. The predicted molar refractivity (Wildman–Crippen MR) is 69.2 cm³/mol. The van der Waals surface area contributed by atoms with Crippen LogP contribution >= 0.6 is 0 Å². The average Bonchev–Trinajstić information content (AvgIpc) is 2.41. The normalized spacial score (nSPS) is 12.4. The van der Waals surface area contributed by atoms with E-state index in [1.807, 2.05) is 0 Å². The summed E-state index contributed by atoms with van der Waals surface area (Å²) < 4.78 is 59.5. The minimum Gasteiger partial charge on any atom is -0.488 e. The lowest BCUT2D eigenvalue weighted by Gasteiger charge is -2.18. The molecular weight excluding hydrogens is 290 g/mol. The van der Waals surface area contributed by atoms with Crippen LogP contribution in [0.3, 0.4) is 0 Å². The molecule has 0 aromatic heterocycles. The summed E-state index contributed by atoms with van der Waals surface area (Å²) in [6.45, 7) is 6.38. The number of carbonyl (C=O) groups excluding carboxylic acids is 1. The molecule has 1 N–H and O–H groups in total. The first-order valence-electron chi connectivity index (χ1n) is 6.51. The van der Waals surface area contributed by atoms with Gasteiger partial charge in [0, 0.05) is 6.04 Å². The largest absolute Gasteiger partial charge is 0.488 e. The summed E-state index contributed by atoms with van der Waals surface area (Å²) >= 11 is 0. The summed E-state index contributed by atoms with van der Waals surface area (Å²) in [5, 5.41) is 2.29. The number of benzene rings is 1. The van der Waals surface area contributed by atoms with Gasteiger partial charge in [0.15, 0.2) is 17.4 Å². The highest BCUT2D eigenvalue weighted by molar-refractivity contribution is 5.95. The van der Waals surface area contributed by atoms with Crippen molar-refractivity contribution in [3.8, 4) is 5.75 Å². The minimum atomic E-state index is -1.77. The first kappa shape index (κ1) is 17.3. The summed E-state index contributed by atoms with van der Waals surface area (Å²) in [4.78, 5) is 11.8. The fourth-order valence-corrected chi connectivity index (χ4v) is 1.53. The maximum absolute atomic E-state index is 13.8. The Kier molecular flexibility index (Phi) is 5.57. The van der Waals surface area contributed by atoms with E-state index in [-0.39, 0.29) is 12.5 Å². The highest BCUT2D eigenvalue weighted by Gasteiger charge is 2.31. The van der Waals surface area contributed by atoms with Crippen LogP contribution < -0.4 is 10.1 Å². The van der Waals surface area contributed by atoms with Crippen LogP contribution in [0.5, 0.6) is 5.75 Å². The van der Waals surface area contributed by atoms with E-state index in [2.05, 4.69) is 10.1 Å². The summed E-state index contributed by atoms with van der Waals surface area (Å²) in [6.07, 6.45) is 0. The van der Waals surface area contributed by atoms with Crippen LogP contribution in [0.1, 0.15) is 38.1 Å². The molecule has 1 amide bonds. The number of halogens is 4. The van der Waals surface area contributed by atoms with Gasteiger partial charge in [-0.15, -0.1) is 0 Å². The van der Waals surface area contributed by atoms with E-state index < -0.39 is 46.5 Å². The molecule has 118 valence electrons. The van der Waals surface area contributed by atoms with Crippen LogP contribution in [0, 0.1) is 29.2 Å². The van der Waals surface area contributed by atoms with Gasteiger partial charge in [0.05, 0.1) is 6.61 Å². The summed E-state index contributed by atoms with van der Waals surface area (Å²) in [5.74, 6) is -9.39. The van der Waals surface area contributed by atoms with Gasteiger partial charge in [0.2, 0.25) is 11.6 Å². The third-order valence-electron chi connectivity index (χ3n) is 3.10. The van der Waals surface area contributed by atoms with Crippen LogP contribution in [-0.2, 0) is 0 Å². The fraction of sp³-hybridized carbons (Fsp3) is 0.500. The van der Waals surface area contributed by atoms with Gasteiger partial charge in [-0.05, 0) is 19.8 Å². The first-order valence-corrected chi connectivity index (χ1v) is 6.51. The molecule has 3 nitrogen and oxygen atoms in total. The maximum Gasteiger partial charge on any atom is 0.257 e. The molecule has 1 atom stereocenters. The Morgan fingerprint density at radius 3 is 1.90 bits per heavy atom. The smallest absolute Gasteiger partial charge is 0.257 e. The van der Waals surface area contributed by atoms with Gasteiger partial charge >= 0.3 is 0 Å². The zero-order valence-corrected chi connectivity index (χ0v) is 12.2. The Bertz CT molecular complexity index is 517. The van der Waals surface area contributed by atoms with Crippen molar-refractivity contribution in [1.82, 2.24) is 5.32 Å². The van der Waals surface area contributed by atoms with Gasteiger partial charge in [-0.3, -0.25) is 4.79 Å². The van der Waals surface area contributed by atoms with E-state index in [0.717, 1.165) is 0 Å². The molecule has 0 radical (unpaired) electrons. The van der Waals surface area contributed by atoms with E-state index >= 15 is 0 Å². The Morgan fingerprint density at radius 1 is 1.05 bits per heavy atom. The predicted octanol–water partition coefficient (Wildman–Crippen LogP) is 3.42. The molecule has 7 heteroatoms. The van der Waals surface area contributed by atoms with Crippen molar-refractivity contribution < 1.29 is 27.1 Å². The van der Waals surface area contributed by atoms with E-state index in [1.165, 1.54) is 6.92 Å². The average molecular weight is 307 g/mol. The molecule has 0 spiro atoms. The second-order valence-corrected chi connectivity index (χ2v) is 4.90. The minimum absolute atomic E-state index is 0.0162. The number of amides is 1. The van der Waals surface area contributed by atoms with Crippen LogP contribution in [0.25, 0.3) is 0 Å². The van der Waals surface area contributed by atoms with Crippen LogP contribution in [0.4, 0.5) is 17.6 Å². The van der Waals surface area contributed by atoms with E-state index in [0.29, 0.717) is 0 Å². The fourth-order valence-electron chi connectivity index (χ4n) is 1.53. The summed E-state index contributed by atoms with van der Waals surface area (Å²) in [6, 6.07) is -0.422. The van der Waals surface area contributed by atoms with Crippen molar-refractivity contribution in [3.05, 3.63) is 28.8 Å². The molecule has 0 heterocycles.